The Morgan fingerprint density at radius 3 is 2.00 bits per heavy atom. The van der Waals surface area contributed by atoms with E-state index in [1.54, 1.807) is 13.8 Å². The number of halogens is 7. The van der Waals surface area contributed by atoms with Gasteiger partial charge in [-0.1, -0.05) is 13.8 Å². The van der Waals surface area contributed by atoms with Crippen LogP contribution in [0.1, 0.15) is 31.0 Å². The molecule has 0 aliphatic rings. The van der Waals surface area contributed by atoms with Crippen molar-refractivity contribution in [2.45, 2.75) is 44.1 Å². The van der Waals surface area contributed by atoms with Gasteiger partial charge in [0.25, 0.3) is 6.10 Å². The first-order valence-corrected chi connectivity index (χ1v) is 6.35. The van der Waals surface area contributed by atoms with Crippen LogP contribution >= 0.6 is 11.6 Å². The number of pyridine rings is 1. The Morgan fingerprint density at radius 2 is 1.62 bits per heavy atom. The summed E-state index contributed by atoms with van der Waals surface area (Å²) in [5.74, 6) is -1.04. The van der Waals surface area contributed by atoms with Crippen molar-refractivity contribution in [2.75, 3.05) is 0 Å². The highest BCUT2D eigenvalue weighted by Crippen LogP contribution is 2.36. The van der Waals surface area contributed by atoms with Gasteiger partial charge in [-0.3, -0.25) is 0 Å². The average Bonchev–Trinajstić information content (AvgIpc) is 2.32. The van der Waals surface area contributed by atoms with Crippen molar-refractivity contribution >= 4 is 11.6 Å². The summed E-state index contributed by atoms with van der Waals surface area (Å²) in [6.07, 6.45) is -15.1. The summed E-state index contributed by atoms with van der Waals surface area (Å²) in [4.78, 5) is 3.67. The lowest BCUT2D eigenvalue weighted by Crippen LogP contribution is -2.46. The Balaban J connectivity index is 3.18. The van der Waals surface area contributed by atoms with Crippen LogP contribution in [0.3, 0.4) is 0 Å². The molecule has 0 fully saturated rings. The largest absolute Gasteiger partial charge is 0.455 e. The average molecular weight is 336 g/mol. The van der Waals surface area contributed by atoms with Crippen molar-refractivity contribution < 1.29 is 31.1 Å². The highest BCUT2D eigenvalue weighted by Gasteiger charge is 2.59. The lowest BCUT2D eigenvalue weighted by molar-refractivity contribution is -0.300. The van der Waals surface area contributed by atoms with Gasteiger partial charge in [0, 0.05) is 17.6 Å². The third kappa shape index (κ3) is 4.94. The van der Waals surface area contributed by atoms with Crippen molar-refractivity contribution in [3.05, 3.63) is 23.4 Å². The predicted octanol–water partition coefficient (Wildman–Crippen LogP) is 4.82. The first kappa shape index (κ1) is 17.9. The lowest BCUT2D eigenvalue weighted by atomic mass is 10.1. The zero-order chi connectivity index (χ0) is 16.4. The molecule has 0 atom stereocenters. The van der Waals surface area contributed by atoms with Gasteiger partial charge in [0.1, 0.15) is 0 Å². The fraction of sp³-hybridized carbons (Fsp3) is 0.583. The van der Waals surface area contributed by atoms with Gasteiger partial charge in [-0.2, -0.15) is 26.3 Å². The summed E-state index contributed by atoms with van der Waals surface area (Å²) >= 11 is 5.56. The second kappa shape index (κ2) is 6.29. The fourth-order valence-corrected chi connectivity index (χ4v) is 1.61. The zero-order valence-corrected chi connectivity index (χ0v) is 11.8. The van der Waals surface area contributed by atoms with Crippen molar-refractivity contribution in [1.82, 2.24) is 4.98 Å². The van der Waals surface area contributed by atoms with Crippen LogP contribution < -0.4 is 4.74 Å². The molecule has 0 aromatic carbocycles. The molecule has 2 nitrogen and oxygen atoms in total. The molecule has 0 unspecified atom stereocenters. The van der Waals surface area contributed by atoms with E-state index < -0.39 is 24.3 Å². The second-order valence-electron chi connectivity index (χ2n) is 4.61. The van der Waals surface area contributed by atoms with E-state index in [0.717, 1.165) is 6.07 Å². The number of nitrogens with zero attached hydrogens (tertiary/aromatic N) is 1. The van der Waals surface area contributed by atoms with Crippen LogP contribution in [0.2, 0.25) is 0 Å². The van der Waals surface area contributed by atoms with Crippen molar-refractivity contribution in [3.8, 4) is 5.88 Å². The molecular formula is C12H12ClF6NO. The van der Waals surface area contributed by atoms with Gasteiger partial charge in [0.2, 0.25) is 5.88 Å². The van der Waals surface area contributed by atoms with Gasteiger partial charge in [-0.15, -0.1) is 11.6 Å². The molecule has 0 bridgehead atoms. The Morgan fingerprint density at radius 1 is 1.10 bits per heavy atom. The normalized spacial score (nSPS) is 13.1. The minimum Gasteiger partial charge on any atom is -0.455 e. The number of rotatable bonds is 4. The minimum atomic E-state index is -5.59. The molecule has 0 spiro atoms. The van der Waals surface area contributed by atoms with Crippen LogP contribution in [0, 0.1) is 0 Å². The Bertz CT molecular complexity index is 472. The lowest BCUT2D eigenvalue weighted by Gasteiger charge is -2.23. The standard InChI is InChI=1S/C12H12ClF6NO/c1-6(2)8-3-7(5-13)4-9(20-8)21-10(11(14,15)16)12(17,18)19/h3-4,6,10H,5H2,1-2H3. The van der Waals surface area contributed by atoms with Crippen LogP contribution in [0.25, 0.3) is 0 Å². The molecule has 0 saturated heterocycles. The number of ether oxygens (including phenoxy) is 1. The van der Waals surface area contributed by atoms with E-state index in [-0.39, 0.29) is 11.8 Å². The maximum Gasteiger partial charge on any atom is 0.434 e. The molecule has 0 amide bonds. The van der Waals surface area contributed by atoms with Crippen LogP contribution in [-0.2, 0) is 5.88 Å². The van der Waals surface area contributed by atoms with Crippen LogP contribution in [0.15, 0.2) is 12.1 Å². The first-order chi connectivity index (χ1) is 9.45. The SMILES string of the molecule is CC(C)c1cc(CCl)cc(OC(C(F)(F)F)C(F)(F)F)n1. The minimum absolute atomic E-state index is 0.0820. The van der Waals surface area contributed by atoms with E-state index in [9.17, 15) is 26.3 Å². The molecule has 21 heavy (non-hydrogen) atoms. The first-order valence-electron chi connectivity index (χ1n) is 5.82. The molecule has 0 saturated carbocycles. The summed E-state index contributed by atoms with van der Waals surface area (Å²) in [5, 5.41) is 0. The highest BCUT2D eigenvalue weighted by molar-refractivity contribution is 6.17. The van der Waals surface area contributed by atoms with E-state index in [1.165, 1.54) is 6.07 Å². The Kier molecular flexibility index (Phi) is 5.35. The van der Waals surface area contributed by atoms with Gasteiger partial charge in [-0.25, -0.2) is 4.98 Å². The van der Waals surface area contributed by atoms with E-state index in [1.807, 2.05) is 0 Å². The van der Waals surface area contributed by atoms with Crippen molar-refractivity contribution in [2.24, 2.45) is 0 Å². The number of hydrogen-bond donors (Lipinski definition) is 0. The van der Waals surface area contributed by atoms with Gasteiger partial charge < -0.3 is 4.74 Å². The van der Waals surface area contributed by atoms with E-state index in [2.05, 4.69) is 9.72 Å². The number of aromatic nitrogens is 1. The van der Waals surface area contributed by atoms with E-state index >= 15 is 0 Å². The predicted molar refractivity (Wildman–Crippen MR) is 64.4 cm³/mol. The molecule has 1 rings (SSSR count). The summed E-state index contributed by atoms with van der Waals surface area (Å²) in [6.45, 7) is 3.38. The van der Waals surface area contributed by atoms with Gasteiger partial charge in [0.05, 0.1) is 0 Å². The monoisotopic (exact) mass is 335 g/mol. The van der Waals surface area contributed by atoms with Crippen molar-refractivity contribution in [3.63, 3.8) is 0 Å². The van der Waals surface area contributed by atoms with Crippen molar-refractivity contribution in [1.29, 1.82) is 0 Å². The molecule has 1 heterocycles. The molecule has 1 aromatic rings. The zero-order valence-electron chi connectivity index (χ0n) is 11.0. The maximum absolute atomic E-state index is 12.4. The van der Waals surface area contributed by atoms with Crippen LogP contribution in [0.4, 0.5) is 26.3 Å². The third-order valence-electron chi connectivity index (χ3n) is 2.46. The molecule has 0 aliphatic heterocycles. The molecule has 9 heteroatoms. The maximum atomic E-state index is 12.4. The Hall–Kier alpha value is -1.18. The third-order valence-corrected chi connectivity index (χ3v) is 2.77. The second-order valence-corrected chi connectivity index (χ2v) is 4.88. The Labute approximate surface area is 122 Å². The number of hydrogen-bond acceptors (Lipinski definition) is 2. The highest BCUT2D eigenvalue weighted by atomic mass is 35.5. The number of alkyl halides is 7. The summed E-state index contributed by atoms with van der Waals surface area (Å²) < 4.78 is 78.7. The smallest absolute Gasteiger partial charge is 0.434 e. The molecule has 0 N–H and O–H groups in total. The topological polar surface area (TPSA) is 22.1 Å². The molecule has 0 radical (unpaired) electrons. The van der Waals surface area contributed by atoms with Crippen LogP contribution in [-0.4, -0.2) is 23.4 Å². The fourth-order valence-electron chi connectivity index (χ4n) is 1.46. The molecular weight excluding hydrogens is 324 g/mol. The molecule has 1 aromatic heterocycles. The van der Waals surface area contributed by atoms with E-state index in [0.29, 0.717) is 11.3 Å². The van der Waals surface area contributed by atoms with Crippen LogP contribution in [0.5, 0.6) is 5.88 Å². The summed E-state index contributed by atoms with van der Waals surface area (Å²) in [5.41, 5.74) is 0.625. The van der Waals surface area contributed by atoms with Gasteiger partial charge in [-0.05, 0) is 17.5 Å². The summed E-state index contributed by atoms with van der Waals surface area (Å²) in [6, 6.07) is 2.46. The molecule has 120 valence electrons. The van der Waals surface area contributed by atoms with Gasteiger partial charge in [0.15, 0.2) is 0 Å². The van der Waals surface area contributed by atoms with Gasteiger partial charge >= 0.3 is 12.4 Å². The summed E-state index contributed by atoms with van der Waals surface area (Å²) in [7, 11) is 0. The molecule has 0 aliphatic carbocycles. The quantitative estimate of drug-likeness (QED) is 0.581. The van der Waals surface area contributed by atoms with E-state index in [4.69, 9.17) is 11.6 Å².